The van der Waals surface area contributed by atoms with Crippen LogP contribution in [0.15, 0.2) is 48.5 Å². The molecule has 4 atom stereocenters. The van der Waals surface area contributed by atoms with Gasteiger partial charge in [-0.15, -0.1) is 0 Å². The van der Waals surface area contributed by atoms with Crippen molar-refractivity contribution in [2.24, 2.45) is 0 Å². The predicted octanol–water partition coefficient (Wildman–Crippen LogP) is 5.34. The number of rotatable bonds is 0. The van der Waals surface area contributed by atoms with Crippen molar-refractivity contribution in [3.8, 4) is 16.9 Å². The number of pyridine rings is 1. The number of hydrogen-bond donors (Lipinski definition) is 1. The Morgan fingerprint density at radius 1 is 1.03 bits per heavy atom. The number of hydrogen-bond acceptors (Lipinski definition) is 4. The van der Waals surface area contributed by atoms with Crippen LogP contribution in [0.2, 0.25) is 0 Å². The van der Waals surface area contributed by atoms with E-state index in [4.69, 9.17) is 9.72 Å². The molecule has 1 saturated heterocycles. The topological polar surface area (TPSA) is 45.6 Å². The fourth-order valence-corrected chi connectivity index (χ4v) is 8.95. The molecular weight excluding hydrogens is 456 g/mol. The molecule has 1 N–H and O–H groups in total. The van der Waals surface area contributed by atoms with Crippen LogP contribution < -0.4 is 4.74 Å². The molecule has 1 fully saturated rings. The summed E-state index contributed by atoms with van der Waals surface area (Å²) in [4.78, 5) is 7.92. The van der Waals surface area contributed by atoms with Crippen molar-refractivity contribution in [3.63, 3.8) is 0 Å². The van der Waals surface area contributed by atoms with E-state index in [0.29, 0.717) is 6.42 Å². The summed E-state index contributed by atoms with van der Waals surface area (Å²) in [5.74, 6) is 1.000. The Morgan fingerprint density at radius 2 is 1.86 bits per heavy atom. The third-order valence-corrected chi connectivity index (χ3v) is 10.7. The van der Waals surface area contributed by atoms with Gasteiger partial charge in [0.1, 0.15) is 5.75 Å². The van der Waals surface area contributed by atoms with Gasteiger partial charge in [-0.05, 0) is 85.6 Å². The smallest absolute Gasteiger partial charge is 0.153 e. The number of ether oxygens (including phenoxy) is 1. The van der Waals surface area contributed by atoms with E-state index in [1.807, 2.05) is 0 Å². The van der Waals surface area contributed by atoms with Gasteiger partial charge in [0.25, 0.3) is 0 Å². The average Bonchev–Trinajstić information content (AvgIpc) is 3.45. The van der Waals surface area contributed by atoms with E-state index in [1.165, 1.54) is 49.9 Å². The number of likely N-dealkylation sites (tertiary alicyclic amines) is 1. The molecule has 0 radical (unpaired) electrons. The summed E-state index contributed by atoms with van der Waals surface area (Å²) >= 11 is 0. The summed E-state index contributed by atoms with van der Waals surface area (Å²) < 4.78 is 6.99. The molecule has 0 saturated carbocycles. The van der Waals surface area contributed by atoms with Gasteiger partial charge in [-0.2, -0.15) is 0 Å². The van der Waals surface area contributed by atoms with Gasteiger partial charge in [0.05, 0.1) is 22.2 Å². The standard InChI is InChI=1S/C33H30N2O2/c1-17-8-9-21-15-25-33(36)16-24-18(2)22-11-10-20-14-19-6-4-5-7-23(19)26(20)28(22)34-29(24)31-32(33,12-13-35(25)3)27(21)30(17)37-31/h4-11,25,31,36H,12-16H2,1-3H3/t25-,31+,32+,33-/m1/s1. The first-order chi connectivity index (χ1) is 17.9. The highest BCUT2D eigenvalue weighted by Gasteiger charge is 2.72. The van der Waals surface area contributed by atoms with Crippen molar-refractivity contribution in [1.82, 2.24) is 9.88 Å². The maximum Gasteiger partial charge on any atom is 0.153 e. The first kappa shape index (κ1) is 20.8. The lowest BCUT2D eigenvalue weighted by Gasteiger charge is -2.62. The van der Waals surface area contributed by atoms with Gasteiger partial charge in [-0.1, -0.05) is 48.5 Å². The second kappa shape index (κ2) is 6.43. The highest BCUT2D eigenvalue weighted by Crippen LogP contribution is 2.68. The second-order valence-electron chi connectivity index (χ2n) is 12.2. The highest BCUT2D eigenvalue weighted by atomic mass is 16.5. The van der Waals surface area contributed by atoms with E-state index in [0.717, 1.165) is 48.3 Å². The minimum absolute atomic E-state index is 0.0728. The van der Waals surface area contributed by atoms with Crippen LogP contribution in [0.3, 0.4) is 0 Å². The van der Waals surface area contributed by atoms with Crippen molar-refractivity contribution in [2.45, 2.75) is 62.7 Å². The molecule has 1 spiro atoms. The second-order valence-corrected chi connectivity index (χ2v) is 12.2. The van der Waals surface area contributed by atoms with E-state index in [-0.39, 0.29) is 12.1 Å². The number of likely N-dealkylation sites (N-methyl/N-ethyl adjacent to an activating group) is 1. The van der Waals surface area contributed by atoms with Crippen LogP contribution in [-0.4, -0.2) is 40.2 Å². The van der Waals surface area contributed by atoms with Gasteiger partial charge in [0.15, 0.2) is 6.10 Å². The first-order valence-corrected chi connectivity index (χ1v) is 13.7. The third kappa shape index (κ3) is 2.17. The Bertz CT molecular complexity index is 1720. The number of benzene rings is 3. The molecule has 2 bridgehead atoms. The monoisotopic (exact) mass is 486 g/mol. The molecule has 5 aliphatic rings. The number of aliphatic hydroxyl groups is 1. The summed E-state index contributed by atoms with van der Waals surface area (Å²) in [6.07, 6.45) is 3.09. The van der Waals surface area contributed by atoms with Crippen molar-refractivity contribution in [1.29, 1.82) is 0 Å². The molecule has 4 nitrogen and oxygen atoms in total. The SMILES string of the molecule is Cc1ccc2c3c1O[C@H]1c4nc5c6c(ccc5c(C)c4C[C@@]4(O)[C@@H](C2)N(C)CC[C@]314)Cc1ccccc1-6. The highest BCUT2D eigenvalue weighted by molar-refractivity contribution is 6.00. The zero-order valence-electron chi connectivity index (χ0n) is 21.6. The molecule has 0 amide bonds. The number of aromatic nitrogens is 1. The van der Waals surface area contributed by atoms with Crippen molar-refractivity contribution in [2.75, 3.05) is 13.6 Å². The lowest BCUT2D eigenvalue weighted by atomic mass is 9.48. The Balaban J connectivity index is 1.38. The number of piperidine rings is 1. The van der Waals surface area contributed by atoms with Crippen LogP contribution >= 0.6 is 0 Å². The molecule has 4 aromatic rings. The third-order valence-electron chi connectivity index (χ3n) is 10.7. The average molecular weight is 487 g/mol. The number of nitrogens with zero attached hydrogens (tertiary/aromatic N) is 2. The molecule has 3 aliphatic carbocycles. The molecule has 4 heteroatoms. The van der Waals surface area contributed by atoms with Crippen LogP contribution in [0.5, 0.6) is 5.75 Å². The Kier molecular flexibility index (Phi) is 3.62. The van der Waals surface area contributed by atoms with E-state index in [2.05, 4.69) is 74.3 Å². The first-order valence-electron chi connectivity index (χ1n) is 13.7. The zero-order valence-corrected chi connectivity index (χ0v) is 21.6. The van der Waals surface area contributed by atoms with Crippen LogP contribution in [0.4, 0.5) is 0 Å². The molecule has 1 aromatic heterocycles. The van der Waals surface area contributed by atoms with Crippen LogP contribution in [0.1, 0.15) is 57.2 Å². The number of fused-ring (bicyclic) bond motifs is 7. The Morgan fingerprint density at radius 3 is 2.76 bits per heavy atom. The summed E-state index contributed by atoms with van der Waals surface area (Å²) in [5.41, 5.74) is 12.4. The van der Waals surface area contributed by atoms with Gasteiger partial charge in [-0.3, -0.25) is 0 Å². The fourth-order valence-electron chi connectivity index (χ4n) is 8.95. The van der Waals surface area contributed by atoms with Crippen molar-refractivity contribution < 1.29 is 9.84 Å². The van der Waals surface area contributed by atoms with Gasteiger partial charge in [0, 0.05) is 29.0 Å². The van der Waals surface area contributed by atoms with Crippen LogP contribution in [-0.2, 0) is 24.7 Å². The minimum Gasteiger partial charge on any atom is -0.482 e. The van der Waals surface area contributed by atoms with Gasteiger partial charge in [-0.25, -0.2) is 4.98 Å². The normalized spacial score (nSPS) is 29.9. The van der Waals surface area contributed by atoms with E-state index in [1.54, 1.807) is 0 Å². The maximum atomic E-state index is 12.9. The molecule has 0 unspecified atom stereocenters. The number of aryl methyl sites for hydroxylation is 2. The van der Waals surface area contributed by atoms with Gasteiger partial charge in [0.2, 0.25) is 0 Å². The summed E-state index contributed by atoms with van der Waals surface area (Å²) in [6, 6.07) is 17.9. The minimum atomic E-state index is -0.882. The molecular formula is C33H30N2O2. The summed E-state index contributed by atoms with van der Waals surface area (Å²) in [6.45, 7) is 5.34. The molecule has 9 rings (SSSR count). The Hall–Kier alpha value is -3.21. The van der Waals surface area contributed by atoms with E-state index in [9.17, 15) is 5.11 Å². The largest absolute Gasteiger partial charge is 0.482 e. The summed E-state index contributed by atoms with van der Waals surface area (Å²) in [7, 11) is 2.18. The van der Waals surface area contributed by atoms with Crippen LogP contribution in [0, 0.1) is 13.8 Å². The van der Waals surface area contributed by atoms with Crippen LogP contribution in [0.25, 0.3) is 22.0 Å². The molecule has 37 heavy (non-hydrogen) atoms. The molecule has 3 heterocycles. The van der Waals surface area contributed by atoms with E-state index >= 15 is 0 Å². The lowest BCUT2D eigenvalue weighted by Crippen LogP contribution is -2.74. The zero-order chi connectivity index (χ0) is 24.8. The Labute approximate surface area is 216 Å². The quantitative estimate of drug-likeness (QED) is 0.321. The summed E-state index contributed by atoms with van der Waals surface area (Å²) in [5, 5.41) is 14.1. The fraction of sp³-hybridized carbons (Fsp3) is 0.364. The van der Waals surface area contributed by atoms with Gasteiger partial charge < -0.3 is 14.7 Å². The molecule has 2 aliphatic heterocycles. The maximum absolute atomic E-state index is 12.9. The van der Waals surface area contributed by atoms with Gasteiger partial charge >= 0.3 is 0 Å². The predicted molar refractivity (Wildman–Crippen MR) is 144 cm³/mol. The molecule has 184 valence electrons. The van der Waals surface area contributed by atoms with Crippen molar-refractivity contribution >= 4 is 10.9 Å². The molecule has 3 aromatic carbocycles. The lowest BCUT2D eigenvalue weighted by molar-refractivity contribution is -0.168. The van der Waals surface area contributed by atoms with Crippen molar-refractivity contribution in [3.05, 3.63) is 93.2 Å². The van der Waals surface area contributed by atoms with E-state index < -0.39 is 11.0 Å².